The molecule has 0 aliphatic carbocycles. The van der Waals surface area contributed by atoms with Crippen LogP contribution in [0.25, 0.3) is 10.8 Å². The Morgan fingerprint density at radius 3 is 3.09 bits per heavy atom. The number of carbonyl (C=O) groups excluding carboxylic acids is 1. The molecule has 1 fully saturated rings. The summed E-state index contributed by atoms with van der Waals surface area (Å²) >= 11 is 1.61. The van der Waals surface area contributed by atoms with Crippen molar-refractivity contribution in [2.75, 3.05) is 18.4 Å². The van der Waals surface area contributed by atoms with Crippen LogP contribution in [-0.2, 0) is 4.79 Å². The average molecular weight is 324 g/mol. The molecule has 116 valence electrons. The maximum Gasteiger partial charge on any atom is 0.229 e. The number of hydrogen-bond acceptors (Lipinski definition) is 5. The lowest BCUT2D eigenvalue weighted by atomic mass is 9.95. The van der Waals surface area contributed by atoms with E-state index < -0.39 is 0 Å². The molecular weight excluding hydrogens is 308 g/mol. The normalized spacial score (nSPS) is 20.7. The average Bonchev–Trinajstić information content (AvgIpc) is 3.26. The molecule has 1 aliphatic heterocycles. The zero-order valence-electron chi connectivity index (χ0n) is 12.4. The molecule has 0 radical (unpaired) electrons. The molecule has 0 spiro atoms. The predicted molar refractivity (Wildman–Crippen MR) is 91.6 cm³/mol. The Hall–Kier alpha value is -2.31. The lowest BCUT2D eigenvalue weighted by Gasteiger charge is -2.17. The Morgan fingerprint density at radius 2 is 2.22 bits per heavy atom. The van der Waals surface area contributed by atoms with Crippen LogP contribution in [-0.4, -0.2) is 29.0 Å². The van der Waals surface area contributed by atoms with E-state index in [2.05, 4.69) is 20.6 Å². The fourth-order valence-corrected chi connectivity index (χ4v) is 3.89. The quantitative estimate of drug-likeness (QED) is 0.777. The van der Waals surface area contributed by atoms with E-state index in [1.54, 1.807) is 29.9 Å². The van der Waals surface area contributed by atoms with E-state index in [4.69, 9.17) is 0 Å². The number of amides is 1. The van der Waals surface area contributed by atoms with E-state index in [-0.39, 0.29) is 17.7 Å². The SMILES string of the molecule is O=C(Nc1cccc2cnccc12)[C@@H]1CNC[C@H]1c1nccs1. The number of benzene rings is 1. The predicted octanol–water partition coefficient (Wildman–Crippen LogP) is 2.63. The van der Waals surface area contributed by atoms with Crippen molar-refractivity contribution in [3.63, 3.8) is 0 Å². The Bertz CT molecular complexity index is 828. The van der Waals surface area contributed by atoms with Gasteiger partial charge in [-0.15, -0.1) is 11.3 Å². The molecule has 3 heterocycles. The third-order valence-electron chi connectivity index (χ3n) is 4.26. The molecule has 5 nitrogen and oxygen atoms in total. The van der Waals surface area contributed by atoms with E-state index in [1.807, 2.05) is 29.6 Å². The first kappa shape index (κ1) is 14.3. The van der Waals surface area contributed by atoms with Crippen LogP contribution in [0, 0.1) is 5.92 Å². The van der Waals surface area contributed by atoms with E-state index in [9.17, 15) is 4.79 Å². The van der Waals surface area contributed by atoms with Crippen LogP contribution >= 0.6 is 11.3 Å². The number of thiazole rings is 1. The second-order valence-corrected chi connectivity index (χ2v) is 6.56. The molecule has 2 atom stereocenters. The summed E-state index contributed by atoms with van der Waals surface area (Å²) in [5.74, 6) is 0.0874. The molecule has 2 aromatic heterocycles. The molecule has 1 aromatic carbocycles. The smallest absolute Gasteiger partial charge is 0.229 e. The number of nitrogens with one attached hydrogen (secondary N) is 2. The van der Waals surface area contributed by atoms with Gasteiger partial charge in [-0.1, -0.05) is 12.1 Å². The van der Waals surface area contributed by atoms with E-state index in [1.165, 1.54) is 0 Å². The number of carbonyl (C=O) groups is 1. The van der Waals surface area contributed by atoms with E-state index in [0.29, 0.717) is 6.54 Å². The van der Waals surface area contributed by atoms with Crippen molar-refractivity contribution in [2.24, 2.45) is 5.92 Å². The minimum Gasteiger partial charge on any atom is -0.325 e. The maximum atomic E-state index is 12.8. The molecule has 6 heteroatoms. The summed E-state index contributed by atoms with van der Waals surface area (Å²) in [5.41, 5.74) is 0.833. The highest BCUT2D eigenvalue weighted by atomic mass is 32.1. The molecule has 0 saturated carbocycles. The van der Waals surface area contributed by atoms with Crippen molar-refractivity contribution in [1.82, 2.24) is 15.3 Å². The largest absolute Gasteiger partial charge is 0.325 e. The van der Waals surface area contributed by atoms with Gasteiger partial charge < -0.3 is 10.6 Å². The molecule has 23 heavy (non-hydrogen) atoms. The molecule has 2 N–H and O–H groups in total. The van der Waals surface area contributed by atoms with Gasteiger partial charge in [-0.05, 0) is 12.1 Å². The molecule has 0 bridgehead atoms. The topological polar surface area (TPSA) is 66.9 Å². The van der Waals surface area contributed by atoms with Crippen molar-refractivity contribution in [2.45, 2.75) is 5.92 Å². The summed E-state index contributed by atoms with van der Waals surface area (Å²) < 4.78 is 0. The number of anilines is 1. The zero-order valence-corrected chi connectivity index (χ0v) is 13.2. The van der Waals surface area contributed by atoms with E-state index >= 15 is 0 Å². The Labute approximate surface area is 137 Å². The number of pyridine rings is 1. The summed E-state index contributed by atoms with van der Waals surface area (Å²) in [6.07, 6.45) is 5.35. The molecule has 1 aliphatic rings. The van der Waals surface area contributed by atoms with Gasteiger partial charge in [0.25, 0.3) is 0 Å². The lowest BCUT2D eigenvalue weighted by molar-refractivity contribution is -0.119. The standard InChI is InChI=1S/C17H16N4OS/c22-16(13-9-19-10-14(13)17-20-6-7-23-17)21-15-3-1-2-11-8-18-5-4-12(11)15/h1-8,13-14,19H,9-10H2,(H,21,22)/t13-,14-/m1/s1. The number of rotatable bonds is 3. The third kappa shape index (κ3) is 2.71. The van der Waals surface area contributed by atoms with Crippen LogP contribution in [0.5, 0.6) is 0 Å². The van der Waals surface area contributed by atoms with Crippen LogP contribution in [0.1, 0.15) is 10.9 Å². The monoisotopic (exact) mass is 324 g/mol. The van der Waals surface area contributed by atoms with Crippen molar-refractivity contribution in [1.29, 1.82) is 0 Å². The van der Waals surface area contributed by atoms with Crippen molar-refractivity contribution in [3.05, 3.63) is 53.2 Å². The second-order valence-electron chi connectivity index (χ2n) is 5.63. The summed E-state index contributed by atoms with van der Waals surface area (Å²) in [6.45, 7) is 1.48. The van der Waals surface area contributed by atoms with Gasteiger partial charge in [0.05, 0.1) is 10.9 Å². The first-order valence-electron chi connectivity index (χ1n) is 7.56. The van der Waals surface area contributed by atoms with E-state index in [0.717, 1.165) is 28.0 Å². The summed E-state index contributed by atoms with van der Waals surface area (Å²) in [5, 5.41) is 11.4. The van der Waals surface area contributed by atoms with Crippen LogP contribution in [0.2, 0.25) is 0 Å². The molecular formula is C17H16N4OS. The van der Waals surface area contributed by atoms with Gasteiger partial charge in [0, 0.05) is 59.4 Å². The van der Waals surface area contributed by atoms with Gasteiger partial charge >= 0.3 is 0 Å². The Morgan fingerprint density at radius 1 is 1.26 bits per heavy atom. The van der Waals surface area contributed by atoms with Gasteiger partial charge in [0.15, 0.2) is 0 Å². The summed E-state index contributed by atoms with van der Waals surface area (Å²) in [7, 11) is 0. The summed E-state index contributed by atoms with van der Waals surface area (Å²) in [4.78, 5) is 21.3. The highest BCUT2D eigenvalue weighted by molar-refractivity contribution is 7.09. The van der Waals surface area contributed by atoms with Crippen LogP contribution in [0.15, 0.2) is 48.2 Å². The van der Waals surface area contributed by atoms with Crippen LogP contribution in [0.4, 0.5) is 5.69 Å². The fourth-order valence-electron chi connectivity index (χ4n) is 3.09. The first-order valence-corrected chi connectivity index (χ1v) is 8.44. The fraction of sp³-hybridized carbons (Fsp3) is 0.235. The number of nitrogens with zero attached hydrogens (tertiary/aromatic N) is 2. The van der Waals surface area contributed by atoms with Crippen LogP contribution in [0.3, 0.4) is 0 Å². The number of aromatic nitrogens is 2. The Balaban J connectivity index is 1.59. The van der Waals surface area contributed by atoms with Gasteiger partial charge in [-0.3, -0.25) is 9.78 Å². The minimum atomic E-state index is -0.0988. The van der Waals surface area contributed by atoms with Gasteiger partial charge in [0.2, 0.25) is 5.91 Å². The maximum absolute atomic E-state index is 12.8. The molecule has 1 saturated heterocycles. The highest BCUT2D eigenvalue weighted by Gasteiger charge is 2.35. The summed E-state index contributed by atoms with van der Waals surface area (Å²) in [6, 6.07) is 7.79. The van der Waals surface area contributed by atoms with Gasteiger partial charge in [-0.2, -0.15) is 0 Å². The lowest BCUT2D eigenvalue weighted by Crippen LogP contribution is -2.28. The van der Waals surface area contributed by atoms with Crippen molar-refractivity contribution in [3.8, 4) is 0 Å². The van der Waals surface area contributed by atoms with Crippen LogP contribution < -0.4 is 10.6 Å². The zero-order chi connectivity index (χ0) is 15.6. The van der Waals surface area contributed by atoms with Crippen molar-refractivity contribution >= 4 is 33.7 Å². The molecule has 1 amide bonds. The van der Waals surface area contributed by atoms with Crippen molar-refractivity contribution < 1.29 is 4.79 Å². The molecule has 4 rings (SSSR count). The highest BCUT2D eigenvalue weighted by Crippen LogP contribution is 2.31. The van der Waals surface area contributed by atoms with Gasteiger partial charge in [-0.25, -0.2) is 4.98 Å². The third-order valence-corrected chi connectivity index (χ3v) is 5.17. The minimum absolute atomic E-state index is 0.0412. The van der Waals surface area contributed by atoms with Gasteiger partial charge in [0.1, 0.15) is 0 Å². The molecule has 3 aromatic rings. The number of fused-ring (bicyclic) bond motifs is 1. The second kappa shape index (κ2) is 6.06. The Kier molecular flexibility index (Phi) is 3.77. The first-order chi connectivity index (χ1) is 11.3. The molecule has 0 unspecified atom stereocenters. The number of hydrogen-bond donors (Lipinski definition) is 2.